The van der Waals surface area contributed by atoms with Crippen LogP contribution in [0.1, 0.15) is 56.7 Å². The van der Waals surface area contributed by atoms with Crippen molar-refractivity contribution in [3.05, 3.63) is 59.2 Å². The van der Waals surface area contributed by atoms with Gasteiger partial charge in [0.15, 0.2) is 11.5 Å². The van der Waals surface area contributed by atoms with Crippen molar-refractivity contribution in [1.82, 2.24) is 5.32 Å². The van der Waals surface area contributed by atoms with Crippen molar-refractivity contribution < 1.29 is 19.0 Å². The second-order valence-electron chi connectivity index (χ2n) is 8.28. The highest BCUT2D eigenvalue weighted by molar-refractivity contribution is 5.96. The van der Waals surface area contributed by atoms with Crippen LogP contribution in [0.15, 0.2) is 47.5 Å². The molecule has 0 spiro atoms. The molecule has 2 aromatic rings. The SMILES string of the molecule is CCOc1ccc(CCNC(=O)CCCC2N=C(c3ccccc3C)OC2C)cc1OCC. The number of aliphatic imine (C=N–C) groups is 1. The van der Waals surface area contributed by atoms with Gasteiger partial charge in [-0.15, -0.1) is 0 Å². The van der Waals surface area contributed by atoms with Gasteiger partial charge in [0.2, 0.25) is 11.8 Å². The molecule has 0 bridgehead atoms. The highest BCUT2D eigenvalue weighted by Crippen LogP contribution is 2.28. The Morgan fingerprint density at radius 1 is 1.09 bits per heavy atom. The predicted octanol–water partition coefficient (Wildman–Crippen LogP) is 4.86. The Bertz CT molecular complexity index is 957. The molecule has 2 aromatic carbocycles. The fraction of sp³-hybridized carbons (Fsp3) is 0.481. The minimum absolute atomic E-state index is 0.0295. The molecule has 2 atom stereocenters. The number of amides is 1. The summed E-state index contributed by atoms with van der Waals surface area (Å²) in [5, 5.41) is 3.02. The summed E-state index contributed by atoms with van der Waals surface area (Å²) in [6, 6.07) is 14.2. The smallest absolute Gasteiger partial charge is 0.220 e. The van der Waals surface area contributed by atoms with E-state index in [4.69, 9.17) is 19.2 Å². The van der Waals surface area contributed by atoms with E-state index in [0.717, 1.165) is 53.3 Å². The Hall–Kier alpha value is -3.02. The molecule has 6 heteroatoms. The first kappa shape index (κ1) is 24.6. The zero-order valence-corrected chi connectivity index (χ0v) is 20.2. The van der Waals surface area contributed by atoms with Crippen molar-refractivity contribution >= 4 is 11.8 Å². The number of nitrogens with zero attached hydrogens (tertiary/aromatic N) is 1. The lowest BCUT2D eigenvalue weighted by atomic mass is 10.1. The molecule has 0 aliphatic carbocycles. The topological polar surface area (TPSA) is 69.2 Å². The molecule has 2 unspecified atom stereocenters. The van der Waals surface area contributed by atoms with Crippen LogP contribution in [0.5, 0.6) is 11.5 Å². The van der Waals surface area contributed by atoms with Crippen molar-refractivity contribution in [3.8, 4) is 11.5 Å². The minimum atomic E-state index is 0.0295. The van der Waals surface area contributed by atoms with Crippen molar-refractivity contribution in [2.45, 2.75) is 65.5 Å². The molecule has 1 N–H and O–H groups in total. The number of aryl methyl sites for hydroxylation is 1. The number of hydrogen-bond acceptors (Lipinski definition) is 5. The van der Waals surface area contributed by atoms with Gasteiger partial charge in [-0.05, 0) is 76.3 Å². The third-order valence-electron chi connectivity index (χ3n) is 5.75. The fourth-order valence-corrected chi connectivity index (χ4v) is 3.94. The average Bonchev–Trinajstić information content (AvgIpc) is 3.16. The number of benzene rings is 2. The summed E-state index contributed by atoms with van der Waals surface area (Å²) in [6.07, 6.45) is 2.89. The first-order chi connectivity index (χ1) is 16.0. The zero-order chi connectivity index (χ0) is 23.6. The fourth-order valence-electron chi connectivity index (χ4n) is 3.94. The summed E-state index contributed by atoms with van der Waals surface area (Å²) in [4.78, 5) is 17.1. The molecule has 1 amide bonds. The van der Waals surface area contributed by atoms with Crippen LogP contribution < -0.4 is 14.8 Å². The van der Waals surface area contributed by atoms with Crippen LogP contribution in [-0.2, 0) is 16.0 Å². The molecule has 1 aliphatic heterocycles. The highest BCUT2D eigenvalue weighted by atomic mass is 16.5. The average molecular weight is 453 g/mol. The van der Waals surface area contributed by atoms with E-state index in [-0.39, 0.29) is 18.1 Å². The molecular formula is C27H36N2O4. The van der Waals surface area contributed by atoms with Gasteiger partial charge in [-0.2, -0.15) is 0 Å². The van der Waals surface area contributed by atoms with Crippen molar-refractivity contribution in [2.75, 3.05) is 19.8 Å². The van der Waals surface area contributed by atoms with E-state index < -0.39 is 0 Å². The molecule has 0 fully saturated rings. The summed E-state index contributed by atoms with van der Waals surface area (Å²) >= 11 is 0. The lowest BCUT2D eigenvalue weighted by Gasteiger charge is -2.13. The molecule has 0 aromatic heterocycles. The van der Waals surface area contributed by atoms with Gasteiger partial charge in [0, 0.05) is 18.5 Å². The monoisotopic (exact) mass is 452 g/mol. The van der Waals surface area contributed by atoms with E-state index in [2.05, 4.69) is 18.3 Å². The van der Waals surface area contributed by atoms with Gasteiger partial charge in [0.25, 0.3) is 0 Å². The number of nitrogens with one attached hydrogen (secondary N) is 1. The molecule has 0 radical (unpaired) electrons. The Labute approximate surface area is 197 Å². The molecule has 1 heterocycles. The number of carbonyl (C=O) groups is 1. The van der Waals surface area contributed by atoms with E-state index in [0.29, 0.717) is 26.2 Å². The maximum atomic E-state index is 12.3. The lowest BCUT2D eigenvalue weighted by molar-refractivity contribution is -0.121. The molecule has 178 valence electrons. The third kappa shape index (κ3) is 6.98. The maximum absolute atomic E-state index is 12.3. The van der Waals surface area contributed by atoms with E-state index in [1.165, 1.54) is 0 Å². The highest BCUT2D eigenvalue weighted by Gasteiger charge is 2.28. The van der Waals surface area contributed by atoms with E-state index >= 15 is 0 Å². The molecule has 33 heavy (non-hydrogen) atoms. The van der Waals surface area contributed by atoms with Gasteiger partial charge < -0.3 is 19.5 Å². The van der Waals surface area contributed by atoms with Gasteiger partial charge >= 0.3 is 0 Å². The molecule has 0 saturated carbocycles. The van der Waals surface area contributed by atoms with Crippen LogP contribution in [-0.4, -0.2) is 43.7 Å². The Balaban J connectivity index is 1.41. The summed E-state index contributed by atoms with van der Waals surface area (Å²) in [6.45, 7) is 9.80. The summed E-state index contributed by atoms with van der Waals surface area (Å²) < 4.78 is 17.3. The van der Waals surface area contributed by atoms with E-state index in [1.807, 2.05) is 57.2 Å². The predicted molar refractivity (Wildman–Crippen MR) is 131 cm³/mol. The Morgan fingerprint density at radius 3 is 2.61 bits per heavy atom. The second kappa shape index (κ2) is 12.3. The van der Waals surface area contributed by atoms with Crippen molar-refractivity contribution in [3.63, 3.8) is 0 Å². The zero-order valence-electron chi connectivity index (χ0n) is 20.2. The van der Waals surface area contributed by atoms with Crippen LogP contribution in [0.2, 0.25) is 0 Å². The van der Waals surface area contributed by atoms with Crippen molar-refractivity contribution in [1.29, 1.82) is 0 Å². The molecule has 1 aliphatic rings. The summed E-state index contributed by atoms with van der Waals surface area (Å²) in [5.74, 6) is 2.30. The Morgan fingerprint density at radius 2 is 1.85 bits per heavy atom. The lowest BCUT2D eigenvalue weighted by Crippen LogP contribution is -2.26. The first-order valence-corrected chi connectivity index (χ1v) is 12.0. The van der Waals surface area contributed by atoms with Gasteiger partial charge in [0.1, 0.15) is 6.10 Å². The quantitative estimate of drug-likeness (QED) is 0.500. The maximum Gasteiger partial charge on any atom is 0.220 e. The molecular weight excluding hydrogens is 416 g/mol. The van der Waals surface area contributed by atoms with Crippen molar-refractivity contribution in [2.24, 2.45) is 4.99 Å². The van der Waals surface area contributed by atoms with Gasteiger partial charge in [-0.1, -0.05) is 24.3 Å². The van der Waals surface area contributed by atoms with E-state index in [9.17, 15) is 4.79 Å². The number of hydrogen-bond donors (Lipinski definition) is 1. The Kier molecular flexibility index (Phi) is 9.16. The number of ether oxygens (including phenoxy) is 3. The standard InChI is InChI=1S/C27H36N2O4/c1-5-31-24-15-14-21(18-25(24)32-6-2)16-17-28-26(30)13-9-12-23-20(4)33-27(29-23)22-11-8-7-10-19(22)3/h7-8,10-11,14-15,18,20,23H,5-6,9,12-13,16-17H2,1-4H3,(H,28,30). The van der Waals surface area contributed by atoms with Gasteiger partial charge in [0.05, 0.1) is 19.3 Å². The number of rotatable bonds is 12. The molecule has 0 saturated heterocycles. The first-order valence-electron chi connectivity index (χ1n) is 12.0. The molecule has 6 nitrogen and oxygen atoms in total. The van der Waals surface area contributed by atoms with Crippen LogP contribution >= 0.6 is 0 Å². The molecule has 3 rings (SSSR count). The third-order valence-corrected chi connectivity index (χ3v) is 5.75. The number of carbonyl (C=O) groups excluding carboxylic acids is 1. The largest absolute Gasteiger partial charge is 0.490 e. The van der Waals surface area contributed by atoms with Crippen LogP contribution in [0.3, 0.4) is 0 Å². The van der Waals surface area contributed by atoms with Crippen LogP contribution in [0.4, 0.5) is 0 Å². The second-order valence-corrected chi connectivity index (χ2v) is 8.28. The van der Waals surface area contributed by atoms with E-state index in [1.54, 1.807) is 0 Å². The van der Waals surface area contributed by atoms with Gasteiger partial charge in [-0.25, -0.2) is 4.99 Å². The summed E-state index contributed by atoms with van der Waals surface area (Å²) in [5.41, 5.74) is 3.31. The van der Waals surface area contributed by atoms with Crippen LogP contribution in [0.25, 0.3) is 0 Å². The van der Waals surface area contributed by atoms with Gasteiger partial charge in [-0.3, -0.25) is 4.79 Å². The normalized spacial score (nSPS) is 17.3. The summed E-state index contributed by atoms with van der Waals surface area (Å²) in [7, 11) is 0. The van der Waals surface area contributed by atoms with Crippen LogP contribution in [0, 0.1) is 6.92 Å². The minimum Gasteiger partial charge on any atom is -0.490 e.